The molecule has 4 heteroatoms. The molecule has 0 atom stereocenters. The van der Waals surface area contributed by atoms with Crippen molar-refractivity contribution in [2.45, 2.75) is 13.8 Å². The number of ether oxygens (including phenoxy) is 3. The molecule has 0 aliphatic carbocycles. The molecule has 0 aromatic heterocycles. The van der Waals surface area contributed by atoms with E-state index in [9.17, 15) is 4.79 Å². The normalized spacial score (nSPS) is 10.0. The summed E-state index contributed by atoms with van der Waals surface area (Å²) >= 11 is 0. The monoisotopic (exact) mass is 286 g/mol. The maximum atomic E-state index is 12.1. The van der Waals surface area contributed by atoms with Gasteiger partial charge in [0, 0.05) is 0 Å². The predicted molar refractivity (Wildman–Crippen MR) is 80.2 cm³/mol. The summed E-state index contributed by atoms with van der Waals surface area (Å²) in [5, 5.41) is 0. The molecule has 0 aliphatic heterocycles. The summed E-state index contributed by atoms with van der Waals surface area (Å²) in [7, 11) is 0. The van der Waals surface area contributed by atoms with Crippen LogP contribution in [-0.2, 0) is 0 Å². The first kappa shape index (κ1) is 14.9. The Kier molecular flexibility index (Phi) is 5.21. The molecule has 110 valence electrons. The number of benzene rings is 2. The Balaban J connectivity index is 2.10. The Morgan fingerprint density at radius 3 is 2.10 bits per heavy atom. The molecule has 2 aromatic rings. The first-order valence-electron chi connectivity index (χ1n) is 6.91. The third-order valence-corrected chi connectivity index (χ3v) is 2.75. The average molecular weight is 286 g/mol. The zero-order valence-electron chi connectivity index (χ0n) is 12.2. The zero-order valence-corrected chi connectivity index (χ0v) is 12.2. The van der Waals surface area contributed by atoms with Crippen LogP contribution in [-0.4, -0.2) is 19.2 Å². The van der Waals surface area contributed by atoms with Crippen molar-refractivity contribution in [1.29, 1.82) is 0 Å². The van der Waals surface area contributed by atoms with Crippen LogP contribution in [0.25, 0.3) is 0 Å². The standard InChI is InChI=1S/C17H18O4/c1-3-19-14-11-9-13(10-12-14)17(18)21-16-8-6-5-7-15(16)20-4-2/h5-12H,3-4H2,1-2H3. The Morgan fingerprint density at radius 1 is 0.857 bits per heavy atom. The summed E-state index contributed by atoms with van der Waals surface area (Å²) in [5.74, 6) is 1.27. The molecule has 0 aliphatic rings. The number of carbonyl (C=O) groups is 1. The Bertz CT molecular complexity index is 590. The van der Waals surface area contributed by atoms with E-state index in [1.807, 2.05) is 19.9 Å². The molecule has 2 rings (SSSR count). The molecule has 0 N–H and O–H groups in total. The van der Waals surface area contributed by atoms with E-state index in [0.29, 0.717) is 30.3 Å². The summed E-state index contributed by atoms with van der Waals surface area (Å²) in [6.07, 6.45) is 0. The van der Waals surface area contributed by atoms with Crippen molar-refractivity contribution in [2.75, 3.05) is 13.2 Å². The lowest BCUT2D eigenvalue weighted by Gasteiger charge is -2.10. The van der Waals surface area contributed by atoms with Crippen LogP contribution in [0.5, 0.6) is 17.2 Å². The highest BCUT2D eigenvalue weighted by atomic mass is 16.6. The van der Waals surface area contributed by atoms with Gasteiger partial charge in [0.15, 0.2) is 11.5 Å². The van der Waals surface area contributed by atoms with Gasteiger partial charge in [0.2, 0.25) is 0 Å². The van der Waals surface area contributed by atoms with Crippen LogP contribution in [0, 0.1) is 0 Å². The summed E-state index contributed by atoms with van der Waals surface area (Å²) in [6, 6.07) is 13.9. The Labute approximate surface area is 124 Å². The minimum absolute atomic E-state index is 0.415. The second kappa shape index (κ2) is 7.33. The first-order valence-corrected chi connectivity index (χ1v) is 6.91. The van der Waals surface area contributed by atoms with Gasteiger partial charge in [0.1, 0.15) is 5.75 Å². The molecular formula is C17H18O4. The van der Waals surface area contributed by atoms with Crippen molar-refractivity contribution in [2.24, 2.45) is 0 Å². The van der Waals surface area contributed by atoms with Gasteiger partial charge < -0.3 is 14.2 Å². The largest absolute Gasteiger partial charge is 0.494 e. The van der Waals surface area contributed by atoms with Crippen LogP contribution in [0.2, 0.25) is 0 Å². The smallest absolute Gasteiger partial charge is 0.343 e. The van der Waals surface area contributed by atoms with E-state index in [1.165, 1.54) is 0 Å². The van der Waals surface area contributed by atoms with E-state index in [-0.39, 0.29) is 0 Å². The van der Waals surface area contributed by atoms with Crippen molar-refractivity contribution < 1.29 is 19.0 Å². The molecule has 0 spiro atoms. The maximum absolute atomic E-state index is 12.1. The molecular weight excluding hydrogens is 268 g/mol. The Morgan fingerprint density at radius 2 is 1.48 bits per heavy atom. The number of hydrogen-bond acceptors (Lipinski definition) is 4. The average Bonchev–Trinajstić information content (AvgIpc) is 2.50. The SMILES string of the molecule is CCOc1ccc(C(=O)Oc2ccccc2OCC)cc1. The van der Waals surface area contributed by atoms with Crippen molar-refractivity contribution in [3.63, 3.8) is 0 Å². The molecule has 0 unspecified atom stereocenters. The highest BCUT2D eigenvalue weighted by Crippen LogP contribution is 2.27. The molecule has 0 bridgehead atoms. The third kappa shape index (κ3) is 3.99. The number of para-hydroxylation sites is 2. The van der Waals surface area contributed by atoms with Crippen molar-refractivity contribution in [3.05, 3.63) is 54.1 Å². The van der Waals surface area contributed by atoms with Gasteiger partial charge in [-0.25, -0.2) is 4.79 Å². The van der Waals surface area contributed by atoms with Crippen LogP contribution in [0.3, 0.4) is 0 Å². The summed E-state index contributed by atoms with van der Waals surface area (Å²) in [6.45, 7) is 4.89. The number of esters is 1. The van der Waals surface area contributed by atoms with Crippen LogP contribution in [0.4, 0.5) is 0 Å². The minimum Gasteiger partial charge on any atom is -0.494 e. The van der Waals surface area contributed by atoms with Gasteiger partial charge in [-0.05, 0) is 50.2 Å². The molecule has 21 heavy (non-hydrogen) atoms. The number of rotatable bonds is 6. The lowest BCUT2D eigenvalue weighted by Crippen LogP contribution is -2.09. The first-order chi connectivity index (χ1) is 10.2. The third-order valence-electron chi connectivity index (χ3n) is 2.75. The summed E-state index contributed by atoms with van der Waals surface area (Å²) in [5.41, 5.74) is 0.463. The van der Waals surface area contributed by atoms with Crippen molar-refractivity contribution >= 4 is 5.97 Å². The van der Waals surface area contributed by atoms with Crippen molar-refractivity contribution in [1.82, 2.24) is 0 Å². The van der Waals surface area contributed by atoms with E-state index in [0.717, 1.165) is 5.75 Å². The van der Waals surface area contributed by atoms with Crippen LogP contribution >= 0.6 is 0 Å². The molecule has 0 saturated heterocycles. The molecule has 0 fully saturated rings. The van der Waals surface area contributed by atoms with E-state index in [1.54, 1.807) is 42.5 Å². The molecule has 0 heterocycles. The highest BCUT2D eigenvalue weighted by Gasteiger charge is 2.12. The predicted octanol–water partition coefficient (Wildman–Crippen LogP) is 3.70. The fourth-order valence-electron chi connectivity index (χ4n) is 1.82. The zero-order chi connectivity index (χ0) is 15.1. The second-order valence-electron chi connectivity index (χ2n) is 4.23. The summed E-state index contributed by atoms with van der Waals surface area (Å²) < 4.78 is 16.1. The fourth-order valence-corrected chi connectivity index (χ4v) is 1.82. The molecule has 0 saturated carbocycles. The fraction of sp³-hybridized carbons (Fsp3) is 0.235. The Hall–Kier alpha value is -2.49. The number of carbonyl (C=O) groups excluding carboxylic acids is 1. The van der Waals surface area contributed by atoms with E-state index in [2.05, 4.69) is 0 Å². The van der Waals surface area contributed by atoms with Gasteiger partial charge in [-0.1, -0.05) is 12.1 Å². The van der Waals surface area contributed by atoms with Crippen LogP contribution in [0.1, 0.15) is 24.2 Å². The maximum Gasteiger partial charge on any atom is 0.343 e. The molecule has 0 radical (unpaired) electrons. The van der Waals surface area contributed by atoms with Crippen LogP contribution < -0.4 is 14.2 Å². The van der Waals surface area contributed by atoms with Gasteiger partial charge in [0.05, 0.1) is 18.8 Å². The minimum atomic E-state index is -0.426. The lowest BCUT2D eigenvalue weighted by molar-refractivity contribution is 0.0728. The quantitative estimate of drug-likeness (QED) is 0.600. The van der Waals surface area contributed by atoms with Gasteiger partial charge in [-0.3, -0.25) is 0 Å². The van der Waals surface area contributed by atoms with E-state index < -0.39 is 5.97 Å². The topological polar surface area (TPSA) is 44.8 Å². The van der Waals surface area contributed by atoms with Crippen LogP contribution in [0.15, 0.2) is 48.5 Å². The van der Waals surface area contributed by atoms with Gasteiger partial charge >= 0.3 is 5.97 Å². The van der Waals surface area contributed by atoms with Gasteiger partial charge in [0.25, 0.3) is 0 Å². The van der Waals surface area contributed by atoms with Crippen molar-refractivity contribution in [3.8, 4) is 17.2 Å². The number of hydrogen-bond donors (Lipinski definition) is 0. The second-order valence-corrected chi connectivity index (χ2v) is 4.23. The van der Waals surface area contributed by atoms with E-state index in [4.69, 9.17) is 14.2 Å². The van der Waals surface area contributed by atoms with E-state index >= 15 is 0 Å². The summed E-state index contributed by atoms with van der Waals surface area (Å²) in [4.78, 5) is 12.1. The lowest BCUT2D eigenvalue weighted by atomic mass is 10.2. The highest BCUT2D eigenvalue weighted by molar-refractivity contribution is 5.91. The van der Waals surface area contributed by atoms with Gasteiger partial charge in [-0.15, -0.1) is 0 Å². The molecule has 4 nitrogen and oxygen atoms in total. The molecule has 2 aromatic carbocycles. The molecule has 0 amide bonds. The van der Waals surface area contributed by atoms with Gasteiger partial charge in [-0.2, -0.15) is 0 Å².